The SMILES string of the molecule is C/C(=N\OC(=O)C1=CNC2=CC=CCC21)C(=O)c1ccc(Sc2ccccc2)cc1. The molecule has 150 valence electrons. The van der Waals surface area contributed by atoms with Gasteiger partial charge in [0.15, 0.2) is 0 Å². The van der Waals surface area contributed by atoms with Crippen LogP contribution in [0.4, 0.5) is 0 Å². The highest BCUT2D eigenvalue weighted by atomic mass is 32.2. The number of hydrogen-bond donors (Lipinski definition) is 1. The lowest BCUT2D eigenvalue weighted by molar-refractivity contribution is -0.139. The van der Waals surface area contributed by atoms with Gasteiger partial charge in [0.2, 0.25) is 5.78 Å². The number of carbonyl (C=O) groups excluding carboxylic acids is 2. The Balaban J connectivity index is 1.37. The summed E-state index contributed by atoms with van der Waals surface area (Å²) >= 11 is 1.62. The van der Waals surface area contributed by atoms with E-state index in [0.29, 0.717) is 11.1 Å². The van der Waals surface area contributed by atoms with E-state index in [2.05, 4.69) is 10.5 Å². The van der Waals surface area contributed by atoms with Crippen molar-refractivity contribution in [3.05, 3.63) is 95.9 Å². The van der Waals surface area contributed by atoms with Gasteiger partial charge in [-0.05, 0) is 55.8 Å². The summed E-state index contributed by atoms with van der Waals surface area (Å²) in [6.45, 7) is 1.54. The van der Waals surface area contributed by atoms with E-state index in [9.17, 15) is 9.59 Å². The number of fused-ring (bicyclic) bond motifs is 1. The summed E-state index contributed by atoms with van der Waals surface area (Å²) in [5, 5.41) is 6.86. The van der Waals surface area contributed by atoms with Gasteiger partial charge in [-0.3, -0.25) is 4.79 Å². The van der Waals surface area contributed by atoms with Crippen molar-refractivity contribution in [1.82, 2.24) is 5.32 Å². The molecule has 1 aliphatic heterocycles. The molecule has 2 aromatic rings. The van der Waals surface area contributed by atoms with Gasteiger partial charge >= 0.3 is 5.97 Å². The predicted molar refractivity (Wildman–Crippen MR) is 117 cm³/mol. The molecule has 0 amide bonds. The summed E-state index contributed by atoms with van der Waals surface area (Å²) in [5.41, 5.74) is 2.10. The number of allylic oxidation sites excluding steroid dienone is 4. The number of carbonyl (C=O) groups is 2. The normalized spacial score (nSPS) is 17.5. The molecular weight excluding hydrogens is 396 g/mol. The Morgan fingerprint density at radius 1 is 1.07 bits per heavy atom. The molecule has 0 fully saturated rings. The van der Waals surface area contributed by atoms with Gasteiger partial charge in [-0.1, -0.05) is 47.3 Å². The summed E-state index contributed by atoms with van der Waals surface area (Å²) in [5.74, 6) is -0.866. The van der Waals surface area contributed by atoms with E-state index < -0.39 is 5.97 Å². The largest absolute Gasteiger partial charge is 0.364 e. The van der Waals surface area contributed by atoms with Crippen LogP contribution in [0.5, 0.6) is 0 Å². The van der Waals surface area contributed by atoms with E-state index in [1.54, 1.807) is 30.1 Å². The third-order valence-electron chi connectivity index (χ3n) is 4.85. The lowest BCUT2D eigenvalue weighted by Gasteiger charge is -2.14. The van der Waals surface area contributed by atoms with E-state index in [0.717, 1.165) is 21.9 Å². The van der Waals surface area contributed by atoms with Crippen molar-refractivity contribution >= 4 is 29.2 Å². The Morgan fingerprint density at radius 3 is 2.57 bits per heavy atom. The maximum atomic E-state index is 12.6. The van der Waals surface area contributed by atoms with E-state index in [1.807, 2.05) is 60.7 Å². The smallest absolute Gasteiger partial charge is 0.363 e. The fraction of sp³-hybridized carbons (Fsp3) is 0.125. The molecular formula is C24H20N2O3S. The van der Waals surface area contributed by atoms with E-state index in [1.165, 1.54) is 6.92 Å². The first-order valence-corrected chi connectivity index (χ1v) is 10.4. The quantitative estimate of drug-likeness (QED) is 0.314. The second kappa shape index (κ2) is 8.97. The summed E-state index contributed by atoms with van der Waals surface area (Å²) < 4.78 is 0. The highest BCUT2D eigenvalue weighted by molar-refractivity contribution is 7.99. The van der Waals surface area contributed by atoms with Crippen LogP contribution in [0.15, 0.2) is 105 Å². The minimum atomic E-state index is -0.548. The van der Waals surface area contributed by atoms with Crippen LogP contribution in [0, 0.1) is 5.92 Å². The van der Waals surface area contributed by atoms with Crippen molar-refractivity contribution in [2.75, 3.05) is 0 Å². The first kappa shape index (κ1) is 19.9. The molecule has 0 bridgehead atoms. The zero-order chi connectivity index (χ0) is 20.9. The van der Waals surface area contributed by atoms with Crippen LogP contribution in [0.1, 0.15) is 23.7 Å². The molecule has 1 aliphatic carbocycles. The van der Waals surface area contributed by atoms with Gasteiger partial charge in [0.1, 0.15) is 5.71 Å². The zero-order valence-electron chi connectivity index (χ0n) is 16.4. The van der Waals surface area contributed by atoms with Gasteiger partial charge in [0.05, 0.1) is 5.57 Å². The van der Waals surface area contributed by atoms with Gasteiger partial charge in [-0.25, -0.2) is 4.79 Å². The zero-order valence-corrected chi connectivity index (χ0v) is 17.2. The first-order chi connectivity index (χ1) is 14.6. The number of Topliss-reactive ketones (excluding diaryl/α,β-unsaturated/α-hetero) is 1. The van der Waals surface area contributed by atoms with Crippen LogP contribution >= 0.6 is 11.8 Å². The van der Waals surface area contributed by atoms with Crippen molar-refractivity contribution in [1.29, 1.82) is 0 Å². The lowest BCUT2D eigenvalue weighted by atomic mass is 9.92. The second-order valence-corrected chi connectivity index (χ2v) is 8.05. The molecule has 6 heteroatoms. The van der Waals surface area contributed by atoms with Crippen LogP contribution in [0.25, 0.3) is 0 Å². The van der Waals surface area contributed by atoms with E-state index in [4.69, 9.17) is 4.84 Å². The highest BCUT2D eigenvalue weighted by Gasteiger charge is 2.30. The Morgan fingerprint density at radius 2 is 1.80 bits per heavy atom. The molecule has 5 nitrogen and oxygen atoms in total. The Labute approximate surface area is 179 Å². The molecule has 1 heterocycles. The Kier molecular flexibility index (Phi) is 5.95. The molecule has 30 heavy (non-hydrogen) atoms. The monoisotopic (exact) mass is 416 g/mol. The molecule has 0 radical (unpaired) electrons. The third kappa shape index (κ3) is 4.44. The average molecular weight is 417 g/mol. The van der Waals surface area contributed by atoms with Gasteiger partial charge in [-0.2, -0.15) is 0 Å². The van der Waals surface area contributed by atoms with Crippen molar-refractivity contribution in [3.8, 4) is 0 Å². The number of hydrogen-bond acceptors (Lipinski definition) is 6. The van der Waals surface area contributed by atoms with Gasteiger partial charge < -0.3 is 10.2 Å². The van der Waals surface area contributed by atoms with Crippen molar-refractivity contribution in [2.24, 2.45) is 11.1 Å². The lowest BCUT2D eigenvalue weighted by Crippen LogP contribution is -2.16. The molecule has 0 saturated heterocycles. The van der Waals surface area contributed by atoms with Crippen molar-refractivity contribution < 1.29 is 14.4 Å². The molecule has 0 aromatic heterocycles. The maximum absolute atomic E-state index is 12.6. The van der Waals surface area contributed by atoms with Crippen LogP contribution in [0.2, 0.25) is 0 Å². The Hall–Kier alpha value is -3.38. The molecule has 1 atom stereocenters. The Bertz CT molecular complexity index is 1080. The molecule has 1 N–H and O–H groups in total. The summed E-state index contributed by atoms with van der Waals surface area (Å²) in [6.07, 6.45) is 8.25. The fourth-order valence-corrected chi connectivity index (χ4v) is 4.09. The number of ketones is 1. The van der Waals surface area contributed by atoms with Gasteiger partial charge in [0, 0.05) is 33.2 Å². The summed E-state index contributed by atoms with van der Waals surface area (Å²) in [7, 11) is 0. The van der Waals surface area contributed by atoms with Crippen LogP contribution in [-0.2, 0) is 9.63 Å². The fourth-order valence-electron chi connectivity index (χ4n) is 3.25. The standard InChI is InChI=1S/C24H20N2O3S/c1-16(26-29-24(28)21-15-25-22-10-6-5-9-20(21)22)23(27)17-11-13-19(14-12-17)30-18-7-3-2-4-8-18/h2-8,10-15,20,25H,9H2,1H3/b26-16+. The number of nitrogens with one attached hydrogen (secondary N) is 1. The van der Waals surface area contributed by atoms with Crippen molar-refractivity contribution in [2.45, 2.75) is 23.1 Å². The van der Waals surface area contributed by atoms with E-state index in [-0.39, 0.29) is 17.4 Å². The van der Waals surface area contributed by atoms with Crippen LogP contribution < -0.4 is 5.32 Å². The van der Waals surface area contributed by atoms with Gasteiger partial charge in [0.25, 0.3) is 0 Å². The number of oxime groups is 1. The predicted octanol–water partition coefficient (Wildman–Crippen LogP) is 4.89. The van der Waals surface area contributed by atoms with Crippen molar-refractivity contribution in [3.63, 3.8) is 0 Å². The molecule has 0 spiro atoms. The second-order valence-electron chi connectivity index (χ2n) is 6.91. The summed E-state index contributed by atoms with van der Waals surface area (Å²) in [4.78, 5) is 32.2. The van der Waals surface area contributed by atoms with Crippen LogP contribution in [0.3, 0.4) is 0 Å². The maximum Gasteiger partial charge on any atom is 0.363 e. The summed E-state index contributed by atoms with van der Waals surface area (Å²) in [6, 6.07) is 17.3. The molecule has 2 aromatic carbocycles. The molecule has 1 unspecified atom stereocenters. The topological polar surface area (TPSA) is 67.8 Å². The molecule has 2 aliphatic rings. The minimum Gasteiger partial charge on any atom is -0.364 e. The number of nitrogens with zero attached hydrogens (tertiary/aromatic N) is 1. The van der Waals surface area contributed by atoms with E-state index >= 15 is 0 Å². The number of benzene rings is 2. The molecule has 0 saturated carbocycles. The van der Waals surface area contributed by atoms with Crippen LogP contribution in [-0.4, -0.2) is 17.5 Å². The third-order valence-corrected chi connectivity index (χ3v) is 5.87. The first-order valence-electron chi connectivity index (χ1n) is 9.59. The minimum absolute atomic E-state index is 0.0385. The number of rotatable bonds is 6. The molecule has 4 rings (SSSR count). The van der Waals surface area contributed by atoms with Gasteiger partial charge in [-0.15, -0.1) is 0 Å². The average Bonchev–Trinajstić information content (AvgIpc) is 3.22. The highest BCUT2D eigenvalue weighted by Crippen LogP contribution is 2.31.